The minimum Gasteiger partial charge on any atom is -0.497 e. The molecule has 1 aliphatic heterocycles. The second kappa shape index (κ2) is 18.9. The summed E-state index contributed by atoms with van der Waals surface area (Å²) in [5.74, 6) is -2.55. The SMILES string of the molecule is C=C1/C=C/C(=O)N[C@H](C)C(=O)N[C@@H](C(C)C)C(=O)O[C@@H]([C@H](C)CCCCCC)[C@H](CCOCc2ccc(OC)cc2)C(=O)N1. The third-order valence-corrected chi connectivity index (χ3v) is 7.75. The zero-order chi connectivity index (χ0) is 32.6. The van der Waals surface area contributed by atoms with Gasteiger partial charge in [0.25, 0.3) is 0 Å². The average Bonchev–Trinajstić information content (AvgIpc) is 2.99. The Bertz CT molecular complexity index is 1130. The van der Waals surface area contributed by atoms with E-state index in [1.165, 1.54) is 19.1 Å². The highest BCUT2D eigenvalue weighted by Crippen LogP contribution is 2.27. The molecule has 0 aromatic heterocycles. The molecule has 0 bridgehead atoms. The number of esters is 1. The number of methoxy groups -OCH3 is 1. The number of hydrogen-bond acceptors (Lipinski definition) is 7. The first kappa shape index (κ1) is 36.5. The highest BCUT2D eigenvalue weighted by molar-refractivity contribution is 5.94. The van der Waals surface area contributed by atoms with E-state index in [0.29, 0.717) is 6.61 Å². The summed E-state index contributed by atoms with van der Waals surface area (Å²) in [6.45, 7) is 13.7. The number of hydrogen-bond donors (Lipinski definition) is 3. The highest BCUT2D eigenvalue weighted by Gasteiger charge is 2.38. The number of amides is 3. The molecule has 1 aliphatic rings. The number of allylic oxidation sites excluding steroid dienone is 1. The summed E-state index contributed by atoms with van der Waals surface area (Å²) < 4.78 is 17.3. The molecule has 1 aromatic rings. The smallest absolute Gasteiger partial charge is 0.329 e. The molecule has 3 amide bonds. The molecule has 1 aromatic carbocycles. The van der Waals surface area contributed by atoms with Crippen LogP contribution >= 0.6 is 0 Å². The van der Waals surface area contributed by atoms with Gasteiger partial charge in [-0.2, -0.15) is 0 Å². The van der Waals surface area contributed by atoms with Gasteiger partial charge in [0.2, 0.25) is 17.7 Å². The van der Waals surface area contributed by atoms with E-state index in [1.807, 2.05) is 31.2 Å². The molecular weight excluding hydrogens is 562 g/mol. The number of rotatable bonds is 13. The van der Waals surface area contributed by atoms with Crippen molar-refractivity contribution in [2.24, 2.45) is 17.8 Å². The molecule has 0 spiro atoms. The Morgan fingerprint density at radius 2 is 1.66 bits per heavy atom. The van der Waals surface area contributed by atoms with Crippen molar-refractivity contribution in [1.29, 1.82) is 0 Å². The minimum absolute atomic E-state index is 0.154. The van der Waals surface area contributed by atoms with Gasteiger partial charge in [0.05, 0.1) is 19.6 Å². The summed E-state index contributed by atoms with van der Waals surface area (Å²) in [7, 11) is 1.61. The van der Waals surface area contributed by atoms with Gasteiger partial charge < -0.3 is 30.2 Å². The fourth-order valence-electron chi connectivity index (χ4n) is 5.00. The average molecular weight is 614 g/mol. The summed E-state index contributed by atoms with van der Waals surface area (Å²) >= 11 is 0. The first-order valence-corrected chi connectivity index (χ1v) is 15.7. The van der Waals surface area contributed by atoms with E-state index in [4.69, 9.17) is 14.2 Å². The van der Waals surface area contributed by atoms with Crippen LogP contribution in [0.4, 0.5) is 0 Å². The fourth-order valence-corrected chi connectivity index (χ4v) is 5.00. The van der Waals surface area contributed by atoms with Crippen LogP contribution in [0.3, 0.4) is 0 Å². The van der Waals surface area contributed by atoms with Crippen LogP contribution in [0.15, 0.2) is 48.7 Å². The Hall–Kier alpha value is -3.66. The topological polar surface area (TPSA) is 132 Å². The van der Waals surface area contributed by atoms with Gasteiger partial charge in [0.1, 0.15) is 23.9 Å². The van der Waals surface area contributed by atoms with Crippen LogP contribution in [0, 0.1) is 17.8 Å². The molecule has 5 atom stereocenters. The lowest BCUT2D eigenvalue weighted by Gasteiger charge is -2.33. The number of nitrogens with one attached hydrogen (secondary N) is 3. The number of ether oxygens (including phenoxy) is 3. The van der Waals surface area contributed by atoms with Crippen molar-refractivity contribution in [2.45, 2.75) is 97.9 Å². The van der Waals surface area contributed by atoms with Crippen LogP contribution in [-0.2, 0) is 35.3 Å². The van der Waals surface area contributed by atoms with Gasteiger partial charge in [0, 0.05) is 18.4 Å². The van der Waals surface area contributed by atoms with Crippen molar-refractivity contribution < 1.29 is 33.4 Å². The van der Waals surface area contributed by atoms with Crippen molar-refractivity contribution in [1.82, 2.24) is 16.0 Å². The third-order valence-electron chi connectivity index (χ3n) is 7.75. The van der Waals surface area contributed by atoms with Crippen LogP contribution in [-0.4, -0.2) is 55.6 Å². The summed E-state index contributed by atoms with van der Waals surface area (Å²) in [4.78, 5) is 52.8. The quantitative estimate of drug-likeness (QED) is 0.219. The molecule has 2 rings (SSSR count). The van der Waals surface area contributed by atoms with Crippen molar-refractivity contribution in [2.75, 3.05) is 13.7 Å². The Balaban J connectivity index is 2.38. The summed E-state index contributed by atoms with van der Waals surface area (Å²) in [6.07, 6.45) is 6.96. The predicted molar refractivity (Wildman–Crippen MR) is 169 cm³/mol. The van der Waals surface area contributed by atoms with Crippen molar-refractivity contribution in [3.63, 3.8) is 0 Å². The van der Waals surface area contributed by atoms with Crippen LogP contribution in [0.5, 0.6) is 5.75 Å². The molecule has 1 heterocycles. The molecule has 0 unspecified atom stereocenters. The number of carbonyl (C=O) groups is 4. The first-order valence-electron chi connectivity index (χ1n) is 15.7. The Labute approximate surface area is 262 Å². The van der Waals surface area contributed by atoms with E-state index in [-0.39, 0.29) is 36.5 Å². The zero-order valence-corrected chi connectivity index (χ0v) is 27.1. The van der Waals surface area contributed by atoms with Crippen LogP contribution in [0.25, 0.3) is 0 Å². The van der Waals surface area contributed by atoms with E-state index in [2.05, 4.69) is 29.5 Å². The highest BCUT2D eigenvalue weighted by atomic mass is 16.5. The van der Waals surface area contributed by atoms with Crippen LogP contribution < -0.4 is 20.7 Å². The normalized spacial score (nSPS) is 23.5. The van der Waals surface area contributed by atoms with Crippen molar-refractivity contribution >= 4 is 23.7 Å². The lowest BCUT2D eigenvalue weighted by Crippen LogP contribution is -2.53. The van der Waals surface area contributed by atoms with Crippen molar-refractivity contribution in [3.8, 4) is 5.75 Å². The van der Waals surface area contributed by atoms with Gasteiger partial charge in [-0.05, 0) is 55.4 Å². The van der Waals surface area contributed by atoms with Crippen molar-refractivity contribution in [3.05, 3.63) is 54.3 Å². The molecule has 0 fully saturated rings. The summed E-state index contributed by atoms with van der Waals surface area (Å²) in [5.41, 5.74) is 1.15. The van der Waals surface area contributed by atoms with E-state index in [1.54, 1.807) is 21.0 Å². The monoisotopic (exact) mass is 613 g/mol. The molecule has 0 radical (unpaired) electrons. The van der Waals surface area contributed by atoms with Crippen LogP contribution in [0.2, 0.25) is 0 Å². The number of carbonyl (C=O) groups excluding carboxylic acids is 4. The van der Waals surface area contributed by atoms with Gasteiger partial charge in [-0.25, -0.2) is 4.79 Å². The summed E-state index contributed by atoms with van der Waals surface area (Å²) in [5, 5.41) is 8.07. The number of unbranched alkanes of at least 4 members (excludes halogenated alkanes) is 3. The van der Waals surface area contributed by atoms with Crippen LogP contribution in [0.1, 0.15) is 78.7 Å². The maximum absolute atomic E-state index is 13.8. The largest absolute Gasteiger partial charge is 0.497 e. The standard InChI is InChI=1S/C34H51N3O7/c1-8-9-10-11-12-23(4)31-28(19-20-43-21-26-14-16-27(42-7)17-15-26)33(40)35-24(5)13-18-29(38)36-25(6)32(39)37-30(22(2)3)34(41)44-31/h13-18,22-23,25,28,30-31H,5,8-12,19-21H2,1-4,6-7H3,(H,35,40)(H,36,38)(H,37,39)/b18-13+/t23-,25-,28+,30+,31+/m1/s1. The molecule has 0 saturated heterocycles. The molecule has 244 valence electrons. The Morgan fingerprint density at radius 3 is 2.30 bits per heavy atom. The molecular formula is C34H51N3O7. The lowest BCUT2D eigenvalue weighted by atomic mass is 9.85. The lowest BCUT2D eigenvalue weighted by molar-refractivity contribution is -0.163. The second-order valence-corrected chi connectivity index (χ2v) is 11.8. The Kier molecular flexibility index (Phi) is 15.7. The van der Waals surface area contributed by atoms with Gasteiger partial charge >= 0.3 is 5.97 Å². The molecule has 0 aliphatic carbocycles. The van der Waals surface area contributed by atoms with E-state index in [9.17, 15) is 19.2 Å². The number of benzene rings is 1. The van der Waals surface area contributed by atoms with Gasteiger partial charge in [-0.15, -0.1) is 0 Å². The predicted octanol–water partition coefficient (Wildman–Crippen LogP) is 4.58. The van der Waals surface area contributed by atoms with Gasteiger partial charge in [-0.1, -0.05) is 72.1 Å². The molecule has 10 heteroatoms. The maximum Gasteiger partial charge on any atom is 0.329 e. The third kappa shape index (κ3) is 12.1. The van der Waals surface area contributed by atoms with E-state index < -0.39 is 41.9 Å². The number of cyclic esters (lactones) is 1. The fraction of sp³-hybridized carbons (Fsp3) is 0.588. The minimum atomic E-state index is -0.970. The zero-order valence-electron chi connectivity index (χ0n) is 27.1. The molecule has 3 N–H and O–H groups in total. The maximum atomic E-state index is 13.8. The molecule has 0 saturated carbocycles. The van der Waals surface area contributed by atoms with E-state index >= 15 is 0 Å². The Morgan fingerprint density at radius 1 is 0.955 bits per heavy atom. The molecule has 44 heavy (non-hydrogen) atoms. The van der Waals surface area contributed by atoms with Gasteiger partial charge in [-0.3, -0.25) is 14.4 Å². The molecule has 10 nitrogen and oxygen atoms in total. The summed E-state index contributed by atoms with van der Waals surface area (Å²) in [6, 6.07) is 5.65. The second-order valence-electron chi connectivity index (χ2n) is 11.8. The van der Waals surface area contributed by atoms with E-state index in [0.717, 1.165) is 43.4 Å². The van der Waals surface area contributed by atoms with Gasteiger partial charge in [0.15, 0.2) is 0 Å². The first-order chi connectivity index (χ1) is 21.0.